The maximum absolute atomic E-state index is 12.5. The second kappa shape index (κ2) is 8.27. The normalized spacial score (nSPS) is 17.3. The Balaban J connectivity index is 1.37. The largest absolute Gasteiger partial charge is 0.342 e. The molecule has 3 aromatic rings. The molecule has 9 heteroatoms. The van der Waals surface area contributed by atoms with E-state index in [1.54, 1.807) is 0 Å². The van der Waals surface area contributed by atoms with Gasteiger partial charge in [0.2, 0.25) is 5.91 Å². The van der Waals surface area contributed by atoms with Gasteiger partial charge in [0.25, 0.3) is 5.56 Å². The summed E-state index contributed by atoms with van der Waals surface area (Å²) in [5, 5.41) is 2.70. The molecule has 1 fully saturated rings. The average Bonchev–Trinajstić information content (AvgIpc) is 3.13. The highest BCUT2D eigenvalue weighted by Gasteiger charge is 2.23. The minimum absolute atomic E-state index is 0.212. The molecule has 1 aromatic carbocycles. The first kappa shape index (κ1) is 20.1. The Morgan fingerprint density at radius 1 is 1.23 bits per heavy atom. The van der Waals surface area contributed by atoms with Gasteiger partial charge in [-0.15, -0.1) is 0 Å². The van der Waals surface area contributed by atoms with Crippen LogP contribution in [0.1, 0.15) is 18.7 Å². The molecular weight excluding hydrogens is 384 g/mol. The fraction of sp³-hybridized carbons (Fsp3) is 0.429. The summed E-state index contributed by atoms with van der Waals surface area (Å²) in [6.07, 6.45) is 2.96. The Hall–Kier alpha value is -3.20. The number of hydrogen-bond donors (Lipinski definition) is 2. The van der Waals surface area contributed by atoms with Gasteiger partial charge in [0.05, 0.1) is 17.6 Å². The van der Waals surface area contributed by atoms with E-state index in [-0.39, 0.29) is 18.3 Å². The van der Waals surface area contributed by atoms with Crippen molar-refractivity contribution in [2.45, 2.75) is 19.3 Å². The van der Waals surface area contributed by atoms with E-state index >= 15 is 0 Å². The topological polar surface area (TPSA) is 105 Å². The quantitative estimate of drug-likeness (QED) is 0.649. The molecule has 0 radical (unpaired) electrons. The molecule has 2 N–H and O–H groups in total. The fourth-order valence-corrected chi connectivity index (χ4v) is 4.08. The molecule has 30 heavy (non-hydrogen) atoms. The maximum atomic E-state index is 12.5. The minimum atomic E-state index is -0.471. The van der Waals surface area contributed by atoms with E-state index in [9.17, 15) is 14.4 Å². The number of H-pyrrole nitrogens is 1. The van der Waals surface area contributed by atoms with Crippen molar-refractivity contribution in [3.63, 3.8) is 0 Å². The Bertz CT molecular complexity index is 1160. The summed E-state index contributed by atoms with van der Waals surface area (Å²) in [6.45, 7) is 1.87. The van der Waals surface area contributed by atoms with Gasteiger partial charge in [-0.3, -0.25) is 23.6 Å². The Labute approximate surface area is 173 Å². The summed E-state index contributed by atoms with van der Waals surface area (Å²) < 4.78 is 2.27. The van der Waals surface area contributed by atoms with Crippen LogP contribution in [0.4, 0.5) is 5.82 Å². The number of amides is 1. The van der Waals surface area contributed by atoms with E-state index in [2.05, 4.69) is 20.2 Å². The molecule has 9 nitrogen and oxygen atoms in total. The van der Waals surface area contributed by atoms with Crippen LogP contribution in [0, 0.1) is 5.92 Å². The summed E-state index contributed by atoms with van der Waals surface area (Å²) in [6, 6.07) is 9.25. The monoisotopic (exact) mass is 410 g/mol. The third-order valence-electron chi connectivity index (χ3n) is 5.68. The van der Waals surface area contributed by atoms with Crippen LogP contribution in [-0.2, 0) is 25.3 Å². The maximum Gasteiger partial charge on any atom is 0.332 e. The molecule has 2 aromatic heterocycles. The first-order chi connectivity index (χ1) is 14.4. The van der Waals surface area contributed by atoms with Gasteiger partial charge >= 0.3 is 5.69 Å². The highest BCUT2D eigenvalue weighted by molar-refractivity contribution is 5.91. The van der Waals surface area contributed by atoms with Gasteiger partial charge in [0.1, 0.15) is 11.6 Å². The number of carbonyl (C=O) groups is 1. The van der Waals surface area contributed by atoms with Crippen molar-refractivity contribution < 1.29 is 4.79 Å². The van der Waals surface area contributed by atoms with E-state index in [0.717, 1.165) is 53.8 Å². The van der Waals surface area contributed by atoms with Crippen molar-refractivity contribution in [2.24, 2.45) is 20.0 Å². The average molecular weight is 410 g/mol. The van der Waals surface area contributed by atoms with Crippen LogP contribution < -0.4 is 16.6 Å². The Kier molecular flexibility index (Phi) is 5.54. The van der Waals surface area contributed by atoms with Crippen LogP contribution in [0.5, 0.6) is 0 Å². The van der Waals surface area contributed by atoms with Crippen LogP contribution in [0.2, 0.25) is 0 Å². The summed E-state index contributed by atoms with van der Waals surface area (Å²) in [4.78, 5) is 46.6. The van der Waals surface area contributed by atoms with Gasteiger partial charge in [0, 0.05) is 33.1 Å². The van der Waals surface area contributed by atoms with Crippen LogP contribution in [0.15, 0.2) is 39.9 Å². The van der Waals surface area contributed by atoms with Gasteiger partial charge in [0.15, 0.2) is 0 Å². The first-order valence-corrected chi connectivity index (χ1v) is 10.1. The van der Waals surface area contributed by atoms with Crippen LogP contribution in [0.3, 0.4) is 0 Å². The number of rotatable bonds is 5. The number of likely N-dealkylation sites (tertiary alicyclic amines) is 1. The third kappa shape index (κ3) is 4.20. The number of fused-ring (bicyclic) bond motifs is 1. The third-order valence-corrected chi connectivity index (χ3v) is 5.68. The van der Waals surface area contributed by atoms with Gasteiger partial charge in [-0.25, -0.2) is 9.78 Å². The predicted octanol–water partition coefficient (Wildman–Crippen LogP) is 0.854. The smallest absolute Gasteiger partial charge is 0.332 e. The zero-order valence-corrected chi connectivity index (χ0v) is 17.2. The molecule has 1 atom stereocenters. The number of anilines is 1. The van der Waals surface area contributed by atoms with Gasteiger partial charge in [-0.1, -0.05) is 12.1 Å². The van der Waals surface area contributed by atoms with Crippen molar-refractivity contribution in [1.29, 1.82) is 0 Å². The Morgan fingerprint density at radius 2 is 2.03 bits per heavy atom. The molecular formula is C21H26N6O3. The lowest BCUT2D eigenvalue weighted by molar-refractivity contribution is -0.117. The number of carbonyl (C=O) groups excluding carboxylic acids is 1. The molecule has 0 aliphatic carbocycles. The van der Waals surface area contributed by atoms with Crippen LogP contribution in [0.25, 0.3) is 11.0 Å². The number of aromatic nitrogens is 4. The molecule has 0 saturated carbocycles. The van der Waals surface area contributed by atoms with Crippen molar-refractivity contribution in [3.05, 3.63) is 57.0 Å². The first-order valence-electron chi connectivity index (χ1n) is 10.1. The molecule has 1 amide bonds. The minimum Gasteiger partial charge on any atom is -0.342 e. The highest BCUT2D eigenvalue weighted by atomic mass is 16.2. The molecule has 3 heterocycles. The number of nitrogens with one attached hydrogen (secondary N) is 2. The van der Waals surface area contributed by atoms with Gasteiger partial charge in [-0.05, 0) is 37.4 Å². The lowest BCUT2D eigenvalue weighted by Gasteiger charge is -2.31. The standard InChI is InChI=1S/C21H26N6O3/c1-25-18(11-20(29)26(2)21(25)30)24-19(28)13-27-9-5-6-14(12-27)10-17-22-15-7-3-4-8-16(15)23-17/h3-4,7-8,11,14H,5-6,9-10,12-13H2,1-2H3,(H,22,23)(H,24,28). The van der Waals surface area contributed by atoms with Crippen molar-refractivity contribution in [3.8, 4) is 0 Å². The molecule has 1 unspecified atom stereocenters. The number of imidazole rings is 1. The van der Waals surface area contributed by atoms with Crippen molar-refractivity contribution in [2.75, 3.05) is 25.0 Å². The molecule has 0 bridgehead atoms. The number of para-hydroxylation sites is 2. The molecule has 158 valence electrons. The zero-order valence-electron chi connectivity index (χ0n) is 17.2. The van der Waals surface area contributed by atoms with Gasteiger partial charge < -0.3 is 10.3 Å². The summed E-state index contributed by atoms with van der Waals surface area (Å²) in [7, 11) is 2.94. The fourth-order valence-electron chi connectivity index (χ4n) is 4.08. The molecule has 4 rings (SSSR count). The Morgan fingerprint density at radius 3 is 2.83 bits per heavy atom. The summed E-state index contributed by atoms with van der Waals surface area (Å²) in [5.74, 6) is 1.37. The highest BCUT2D eigenvalue weighted by Crippen LogP contribution is 2.21. The molecule has 1 aliphatic rings. The van der Waals surface area contributed by atoms with E-state index in [1.165, 1.54) is 24.7 Å². The number of benzene rings is 1. The zero-order chi connectivity index (χ0) is 21.3. The predicted molar refractivity (Wildman–Crippen MR) is 115 cm³/mol. The molecule has 0 spiro atoms. The number of piperidine rings is 1. The van der Waals surface area contributed by atoms with Crippen LogP contribution in [-0.4, -0.2) is 49.5 Å². The summed E-state index contributed by atoms with van der Waals surface area (Å²) in [5.41, 5.74) is 1.09. The molecule has 1 aliphatic heterocycles. The van der Waals surface area contributed by atoms with Crippen molar-refractivity contribution >= 4 is 22.8 Å². The van der Waals surface area contributed by atoms with Crippen LogP contribution >= 0.6 is 0 Å². The second-order valence-electron chi connectivity index (χ2n) is 7.96. The lowest BCUT2D eigenvalue weighted by atomic mass is 9.94. The lowest BCUT2D eigenvalue weighted by Crippen LogP contribution is -2.42. The second-order valence-corrected chi connectivity index (χ2v) is 7.96. The number of nitrogens with zero attached hydrogens (tertiary/aromatic N) is 4. The van der Waals surface area contributed by atoms with E-state index in [1.807, 2.05) is 24.3 Å². The van der Waals surface area contributed by atoms with Crippen molar-refractivity contribution in [1.82, 2.24) is 24.0 Å². The number of aromatic amines is 1. The van der Waals surface area contributed by atoms with E-state index in [4.69, 9.17) is 0 Å². The van der Waals surface area contributed by atoms with E-state index in [0.29, 0.717) is 5.92 Å². The molecule has 1 saturated heterocycles. The van der Waals surface area contributed by atoms with Gasteiger partial charge in [-0.2, -0.15) is 0 Å². The SMILES string of the molecule is Cn1c(NC(=O)CN2CCCC(Cc3nc4ccccc4[nH]3)C2)cc(=O)n(C)c1=O. The van der Waals surface area contributed by atoms with E-state index < -0.39 is 11.2 Å². The summed E-state index contributed by atoms with van der Waals surface area (Å²) >= 11 is 0. The number of hydrogen-bond acceptors (Lipinski definition) is 5.